The first kappa shape index (κ1) is 17.3. The fourth-order valence-corrected chi connectivity index (χ4v) is 3.16. The minimum Gasteiger partial charge on any atom is -0.376 e. The van der Waals surface area contributed by atoms with Crippen molar-refractivity contribution in [1.29, 1.82) is 0 Å². The van der Waals surface area contributed by atoms with Crippen LogP contribution in [0.15, 0.2) is 36.4 Å². The summed E-state index contributed by atoms with van der Waals surface area (Å²) in [6.45, 7) is 4.31. The Balaban J connectivity index is 1.62. The molecule has 0 bridgehead atoms. The zero-order valence-electron chi connectivity index (χ0n) is 14.2. The summed E-state index contributed by atoms with van der Waals surface area (Å²) in [6.07, 6.45) is 0.804. The van der Waals surface area contributed by atoms with Gasteiger partial charge in [0.1, 0.15) is 0 Å². The van der Waals surface area contributed by atoms with E-state index in [0.29, 0.717) is 11.6 Å². The van der Waals surface area contributed by atoms with Gasteiger partial charge >= 0.3 is 0 Å². The number of hydrogen-bond donors (Lipinski definition) is 2. The maximum atomic E-state index is 12.2. The molecule has 0 unspecified atom stereocenters. The molecule has 130 valence electrons. The number of carbonyl (C=O) groups excluding carboxylic acids is 2. The van der Waals surface area contributed by atoms with Crippen LogP contribution < -0.4 is 15.5 Å². The molecule has 0 atom stereocenters. The van der Waals surface area contributed by atoms with E-state index >= 15 is 0 Å². The minimum atomic E-state index is -0.138. The van der Waals surface area contributed by atoms with E-state index < -0.39 is 0 Å². The first-order valence-corrected chi connectivity index (χ1v) is 8.53. The van der Waals surface area contributed by atoms with E-state index in [1.807, 2.05) is 43.3 Å². The van der Waals surface area contributed by atoms with Crippen molar-refractivity contribution >= 4 is 40.5 Å². The molecule has 0 fully saturated rings. The van der Waals surface area contributed by atoms with Gasteiger partial charge in [-0.3, -0.25) is 9.59 Å². The van der Waals surface area contributed by atoms with Gasteiger partial charge in [0.2, 0.25) is 11.8 Å². The van der Waals surface area contributed by atoms with Crippen LogP contribution in [0.3, 0.4) is 0 Å². The molecule has 2 amide bonds. The minimum absolute atomic E-state index is 0.0385. The van der Waals surface area contributed by atoms with Crippen LogP contribution in [0.5, 0.6) is 0 Å². The first-order chi connectivity index (χ1) is 12.0. The van der Waals surface area contributed by atoms with Crippen molar-refractivity contribution in [3.63, 3.8) is 0 Å². The highest BCUT2D eigenvalue weighted by Gasteiger charge is 2.22. The van der Waals surface area contributed by atoms with Crippen molar-refractivity contribution in [1.82, 2.24) is 0 Å². The number of nitrogens with zero attached hydrogens (tertiary/aromatic N) is 1. The summed E-state index contributed by atoms with van der Waals surface area (Å²) in [4.78, 5) is 25.5. The molecule has 0 spiro atoms. The van der Waals surface area contributed by atoms with Crippen molar-refractivity contribution in [2.75, 3.05) is 28.6 Å². The smallest absolute Gasteiger partial charge is 0.243 e. The number of anilines is 3. The van der Waals surface area contributed by atoms with Gasteiger partial charge < -0.3 is 15.5 Å². The molecule has 0 aliphatic carbocycles. The molecule has 3 rings (SSSR count). The third-order valence-electron chi connectivity index (χ3n) is 4.35. The van der Waals surface area contributed by atoms with Gasteiger partial charge in [0.05, 0.1) is 6.54 Å². The van der Waals surface area contributed by atoms with E-state index in [2.05, 4.69) is 10.6 Å². The number of halogens is 1. The average Bonchev–Trinajstić information content (AvgIpc) is 2.99. The molecule has 5 nitrogen and oxygen atoms in total. The quantitative estimate of drug-likeness (QED) is 0.878. The normalized spacial score (nSPS) is 12.7. The Kier molecular flexibility index (Phi) is 4.95. The van der Waals surface area contributed by atoms with Crippen LogP contribution in [0.2, 0.25) is 5.02 Å². The lowest BCUT2D eigenvalue weighted by atomic mass is 10.1. The molecule has 2 N–H and O–H groups in total. The lowest BCUT2D eigenvalue weighted by Gasteiger charge is -2.15. The summed E-state index contributed by atoms with van der Waals surface area (Å²) in [7, 11) is 0. The highest BCUT2D eigenvalue weighted by molar-refractivity contribution is 6.31. The number of carbonyl (C=O) groups is 2. The molecular formula is C19H20ClN3O2. The molecule has 2 aromatic rings. The largest absolute Gasteiger partial charge is 0.376 e. The molecule has 0 radical (unpaired) electrons. The summed E-state index contributed by atoms with van der Waals surface area (Å²) in [5.41, 5.74) is 4.50. The third kappa shape index (κ3) is 3.77. The van der Waals surface area contributed by atoms with Crippen molar-refractivity contribution < 1.29 is 9.59 Å². The Bertz CT molecular complexity index is 835. The van der Waals surface area contributed by atoms with Crippen LogP contribution in [-0.2, 0) is 16.0 Å². The molecule has 0 saturated carbocycles. The zero-order chi connectivity index (χ0) is 18.0. The molecule has 2 aromatic carbocycles. The lowest BCUT2D eigenvalue weighted by molar-refractivity contribution is -0.116. The molecule has 25 heavy (non-hydrogen) atoms. The number of fused-ring (bicyclic) bond motifs is 1. The molecular weight excluding hydrogens is 338 g/mol. The summed E-state index contributed by atoms with van der Waals surface area (Å²) in [5.74, 6) is -0.0997. The van der Waals surface area contributed by atoms with E-state index in [0.717, 1.165) is 34.6 Å². The molecule has 1 aliphatic heterocycles. The second kappa shape index (κ2) is 7.15. The summed E-state index contributed by atoms with van der Waals surface area (Å²) in [5, 5.41) is 6.65. The lowest BCUT2D eigenvalue weighted by Crippen LogP contribution is -2.25. The Morgan fingerprint density at radius 1 is 1.24 bits per heavy atom. The summed E-state index contributed by atoms with van der Waals surface area (Å²) < 4.78 is 0. The van der Waals surface area contributed by atoms with Crippen LogP contribution in [0, 0.1) is 6.92 Å². The molecule has 1 aliphatic rings. The van der Waals surface area contributed by atoms with Crippen molar-refractivity contribution in [2.24, 2.45) is 0 Å². The number of nitrogens with one attached hydrogen (secondary N) is 2. The predicted octanol–water partition coefficient (Wildman–Crippen LogP) is 3.61. The van der Waals surface area contributed by atoms with Crippen LogP contribution in [0.4, 0.5) is 17.1 Å². The Labute approximate surface area is 152 Å². The van der Waals surface area contributed by atoms with Crippen LogP contribution in [0.25, 0.3) is 0 Å². The third-order valence-corrected chi connectivity index (χ3v) is 4.76. The first-order valence-electron chi connectivity index (χ1n) is 8.15. The summed E-state index contributed by atoms with van der Waals surface area (Å²) >= 11 is 6.08. The van der Waals surface area contributed by atoms with Crippen LogP contribution >= 0.6 is 11.6 Å². The zero-order valence-corrected chi connectivity index (χ0v) is 15.0. The molecule has 0 aromatic heterocycles. The second-order valence-corrected chi connectivity index (χ2v) is 6.49. The van der Waals surface area contributed by atoms with Gasteiger partial charge in [-0.1, -0.05) is 17.7 Å². The van der Waals surface area contributed by atoms with Gasteiger partial charge in [-0.05, 0) is 54.8 Å². The van der Waals surface area contributed by atoms with Crippen LogP contribution in [-0.4, -0.2) is 24.9 Å². The van der Waals surface area contributed by atoms with E-state index in [1.54, 1.807) is 11.8 Å². The van der Waals surface area contributed by atoms with Gasteiger partial charge in [-0.15, -0.1) is 0 Å². The average molecular weight is 358 g/mol. The molecule has 1 heterocycles. The Morgan fingerprint density at radius 3 is 2.80 bits per heavy atom. The second-order valence-electron chi connectivity index (χ2n) is 6.08. The molecule has 0 saturated heterocycles. The van der Waals surface area contributed by atoms with Crippen molar-refractivity contribution in [3.8, 4) is 0 Å². The Hall–Kier alpha value is -2.53. The van der Waals surface area contributed by atoms with Crippen molar-refractivity contribution in [2.45, 2.75) is 20.3 Å². The van der Waals surface area contributed by atoms with E-state index in [1.165, 1.54) is 0 Å². The fraction of sp³-hybridized carbons (Fsp3) is 0.263. The van der Waals surface area contributed by atoms with Gasteiger partial charge in [0, 0.05) is 35.6 Å². The predicted molar refractivity (Wildman–Crippen MR) is 101 cm³/mol. The van der Waals surface area contributed by atoms with Gasteiger partial charge in [0.25, 0.3) is 0 Å². The number of rotatable bonds is 4. The van der Waals surface area contributed by atoms with Gasteiger partial charge in [-0.25, -0.2) is 0 Å². The SMILES string of the molecule is CC(=O)N1CCc2cc(NC(=O)CNc3cccc(Cl)c3C)ccc21. The highest BCUT2D eigenvalue weighted by Crippen LogP contribution is 2.30. The van der Waals surface area contributed by atoms with Gasteiger partial charge in [0.15, 0.2) is 0 Å². The number of hydrogen-bond acceptors (Lipinski definition) is 3. The topological polar surface area (TPSA) is 61.4 Å². The number of amides is 2. The van der Waals surface area contributed by atoms with E-state index in [-0.39, 0.29) is 18.4 Å². The fourth-order valence-electron chi connectivity index (χ4n) is 2.99. The molecule has 6 heteroatoms. The monoisotopic (exact) mass is 357 g/mol. The van der Waals surface area contributed by atoms with Gasteiger partial charge in [-0.2, -0.15) is 0 Å². The Morgan fingerprint density at radius 2 is 2.04 bits per heavy atom. The van der Waals surface area contributed by atoms with Crippen molar-refractivity contribution in [3.05, 3.63) is 52.5 Å². The summed E-state index contributed by atoms with van der Waals surface area (Å²) in [6, 6.07) is 11.2. The standard InChI is InChI=1S/C19H20ClN3O2/c1-12-16(20)4-3-5-17(12)21-11-19(25)22-15-6-7-18-14(10-15)8-9-23(18)13(2)24/h3-7,10,21H,8-9,11H2,1-2H3,(H,22,25). The van der Waals surface area contributed by atoms with E-state index in [9.17, 15) is 9.59 Å². The highest BCUT2D eigenvalue weighted by atomic mass is 35.5. The van der Waals surface area contributed by atoms with Crippen LogP contribution in [0.1, 0.15) is 18.1 Å². The maximum absolute atomic E-state index is 12.2. The van der Waals surface area contributed by atoms with E-state index in [4.69, 9.17) is 11.6 Å². The number of benzene rings is 2. The maximum Gasteiger partial charge on any atom is 0.243 e.